The molecule has 0 bridgehead atoms. The summed E-state index contributed by atoms with van der Waals surface area (Å²) < 4.78 is 1.44. The molecule has 0 unspecified atom stereocenters. The van der Waals surface area contributed by atoms with E-state index in [9.17, 15) is 4.79 Å². The van der Waals surface area contributed by atoms with Gasteiger partial charge in [-0.1, -0.05) is 0 Å². The molecule has 2 aromatic rings. The van der Waals surface area contributed by atoms with Crippen LogP contribution in [-0.2, 0) is 0 Å². The normalized spacial score (nSPS) is 10.5. The van der Waals surface area contributed by atoms with Crippen molar-refractivity contribution in [3.63, 3.8) is 0 Å². The van der Waals surface area contributed by atoms with E-state index in [2.05, 4.69) is 10.2 Å². The van der Waals surface area contributed by atoms with Gasteiger partial charge in [-0.25, -0.2) is 4.79 Å². The Morgan fingerprint density at radius 1 is 1.47 bits per heavy atom. The molecule has 6 heteroatoms. The molecule has 2 aromatic heterocycles. The van der Waals surface area contributed by atoms with Crippen molar-refractivity contribution < 1.29 is 9.90 Å². The molecule has 2 heterocycles. The number of rotatable bonds is 2. The van der Waals surface area contributed by atoms with E-state index in [1.165, 1.54) is 4.40 Å². The molecule has 0 radical (unpaired) electrons. The molecule has 0 atom stereocenters. The molecule has 0 spiro atoms. The summed E-state index contributed by atoms with van der Waals surface area (Å²) >= 11 is 0. The second-order valence-electron chi connectivity index (χ2n) is 3.34. The van der Waals surface area contributed by atoms with Crippen LogP contribution in [-0.4, -0.2) is 39.8 Å². The maximum absolute atomic E-state index is 10.8. The standard InChI is InChI=1S/C9H10N4O2/c1-12(2)6-3-4-13-7(5-6)10-11-8(13)9(14)15/h3-5H,1-2H3,(H,14,15). The number of hydrogen-bond acceptors (Lipinski definition) is 4. The van der Waals surface area contributed by atoms with Gasteiger partial charge >= 0.3 is 5.97 Å². The van der Waals surface area contributed by atoms with Crippen molar-refractivity contribution in [2.24, 2.45) is 0 Å². The van der Waals surface area contributed by atoms with Crippen molar-refractivity contribution in [1.82, 2.24) is 14.6 Å². The number of hydrogen-bond donors (Lipinski definition) is 1. The summed E-state index contributed by atoms with van der Waals surface area (Å²) in [7, 11) is 3.81. The van der Waals surface area contributed by atoms with Gasteiger partial charge in [0.15, 0.2) is 5.65 Å². The predicted molar refractivity (Wildman–Crippen MR) is 54.3 cm³/mol. The smallest absolute Gasteiger partial charge is 0.374 e. The van der Waals surface area contributed by atoms with Crippen LogP contribution < -0.4 is 4.90 Å². The monoisotopic (exact) mass is 206 g/mol. The summed E-state index contributed by atoms with van der Waals surface area (Å²) in [5.74, 6) is -1.16. The highest BCUT2D eigenvalue weighted by Gasteiger charge is 2.12. The SMILES string of the molecule is CN(C)c1ccn2c(C(=O)O)nnc2c1. The van der Waals surface area contributed by atoms with Crippen LogP contribution in [0.5, 0.6) is 0 Å². The van der Waals surface area contributed by atoms with Gasteiger partial charge in [0.25, 0.3) is 0 Å². The maximum atomic E-state index is 10.8. The molecule has 0 fully saturated rings. The minimum absolute atomic E-state index is 0.0738. The number of carboxylic acid groups (broad SMARTS) is 1. The fourth-order valence-electron chi connectivity index (χ4n) is 1.30. The van der Waals surface area contributed by atoms with Gasteiger partial charge in [0.05, 0.1) is 0 Å². The van der Waals surface area contributed by atoms with Gasteiger partial charge in [0, 0.05) is 32.0 Å². The number of anilines is 1. The second-order valence-corrected chi connectivity index (χ2v) is 3.34. The lowest BCUT2D eigenvalue weighted by Crippen LogP contribution is -2.09. The van der Waals surface area contributed by atoms with Crippen molar-refractivity contribution in [2.45, 2.75) is 0 Å². The highest BCUT2D eigenvalue weighted by molar-refractivity contribution is 5.84. The summed E-state index contributed by atoms with van der Waals surface area (Å²) in [5, 5.41) is 16.2. The molecule has 0 aliphatic carbocycles. The predicted octanol–water partition coefficient (Wildman–Crippen LogP) is 0.493. The van der Waals surface area contributed by atoms with E-state index >= 15 is 0 Å². The van der Waals surface area contributed by atoms with Crippen LogP contribution in [0.4, 0.5) is 5.69 Å². The van der Waals surface area contributed by atoms with Crippen LogP contribution in [0.1, 0.15) is 10.6 Å². The van der Waals surface area contributed by atoms with Gasteiger partial charge in [-0.05, 0) is 6.07 Å². The van der Waals surface area contributed by atoms with Crippen molar-refractivity contribution >= 4 is 17.3 Å². The van der Waals surface area contributed by atoms with E-state index < -0.39 is 5.97 Å². The summed E-state index contributed by atoms with van der Waals surface area (Å²) in [5.41, 5.74) is 1.48. The Bertz CT molecular complexity index is 518. The molecule has 0 amide bonds. The zero-order chi connectivity index (χ0) is 11.0. The van der Waals surface area contributed by atoms with E-state index in [1.54, 1.807) is 12.3 Å². The molecule has 0 aliphatic heterocycles. The van der Waals surface area contributed by atoms with Gasteiger partial charge in [-0.15, -0.1) is 10.2 Å². The Labute approximate surface area is 85.8 Å². The first-order valence-corrected chi connectivity index (χ1v) is 4.35. The zero-order valence-corrected chi connectivity index (χ0v) is 8.38. The Kier molecular flexibility index (Phi) is 2.03. The number of carbonyl (C=O) groups is 1. The van der Waals surface area contributed by atoms with Gasteiger partial charge in [0.2, 0.25) is 5.82 Å². The van der Waals surface area contributed by atoms with Gasteiger partial charge in [-0.2, -0.15) is 0 Å². The minimum Gasteiger partial charge on any atom is -0.475 e. The molecular formula is C9H10N4O2. The highest BCUT2D eigenvalue weighted by Crippen LogP contribution is 2.14. The maximum Gasteiger partial charge on any atom is 0.374 e. The first-order valence-electron chi connectivity index (χ1n) is 4.35. The van der Waals surface area contributed by atoms with Crippen LogP contribution in [0, 0.1) is 0 Å². The third-order valence-corrected chi connectivity index (χ3v) is 2.10. The average molecular weight is 206 g/mol. The fraction of sp³-hybridized carbons (Fsp3) is 0.222. The molecule has 78 valence electrons. The van der Waals surface area contributed by atoms with Crippen LogP contribution in [0.25, 0.3) is 5.65 Å². The summed E-state index contributed by atoms with van der Waals surface area (Å²) in [6, 6.07) is 3.59. The van der Waals surface area contributed by atoms with Crippen molar-refractivity contribution in [3.05, 3.63) is 24.2 Å². The number of nitrogens with zero attached hydrogens (tertiary/aromatic N) is 4. The number of fused-ring (bicyclic) bond motifs is 1. The third kappa shape index (κ3) is 1.50. The van der Waals surface area contributed by atoms with Gasteiger partial charge in [0.1, 0.15) is 0 Å². The van der Waals surface area contributed by atoms with Crippen molar-refractivity contribution in [2.75, 3.05) is 19.0 Å². The van der Waals surface area contributed by atoms with Crippen molar-refractivity contribution in [3.8, 4) is 0 Å². The van der Waals surface area contributed by atoms with E-state index in [4.69, 9.17) is 5.11 Å². The summed E-state index contributed by atoms with van der Waals surface area (Å²) in [6.07, 6.45) is 1.65. The fourth-order valence-corrected chi connectivity index (χ4v) is 1.30. The molecule has 0 aliphatic rings. The summed E-state index contributed by atoms with van der Waals surface area (Å²) in [6.45, 7) is 0. The molecule has 15 heavy (non-hydrogen) atoms. The minimum atomic E-state index is -1.08. The first kappa shape index (κ1) is 9.45. The largest absolute Gasteiger partial charge is 0.475 e. The molecule has 1 N–H and O–H groups in total. The lowest BCUT2D eigenvalue weighted by molar-refractivity contribution is 0.0682. The Hall–Kier alpha value is -2.11. The van der Waals surface area contributed by atoms with E-state index in [0.717, 1.165) is 5.69 Å². The number of aromatic carboxylic acids is 1. The Morgan fingerprint density at radius 2 is 2.20 bits per heavy atom. The van der Waals surface area contributed by atoms with Gasteiger partial charge < -0.3 is 10.0 Å². The molecule has 0 aromatic carbocycles. The first-order chi connectivity index (χ1) is 7.09. The molecular weight excluding hydrogens is 196 g/mol. The molecule has 0 saturated heterocycles. The highest BCUT2D eigenvalue weighted by atomic mass is 16.4. The van der Waals surface area contributed by atoms with Crippen LogP contribution >= 0.6 is 0 Å². The number of pyridine rings is 1. The van der Waals surface area contributed by atoms with Crippen LogP contribution in [0.2, 0.25) is 0 Å². The molecule has 0 saturated carbocycles. The van der Waals surface area contributed by atoms with Gasteiger partial charge in [-0.3, -0.25) is 4.40 Å². The number of carboxylic acids is 1. The summed E-state index contributed by atoms with van der Waals surface area (Å²) in [4.78, 5) is 12.7. The number of aromatic nitrogens is 3. The van der Waals surface area contributed by atoms with E-state index in [-0.39, 0.29) is 5.82 Å². The molecule has 2 rings (SSSR count). The quantitative estimate of drug-likeness (QED) is 0.774. The Morgan fingerprint density at radius 3 is 2.80 bits per heavy atom. The van der Waals surface area contributed by atoms with Crippen LogP contribution in [0.3, 0.4) is 0 Å². The van der Waals surface area contributed by atoms with E-state index in [0.29, 0.717) is 5.65 Å². The van der Waals surface area contributed by atoms with Crippen molar-refractivity contribution in [1.29, 1.82) is 0 Å². The average Bonchev–Trinajstić information content (AvgIpc) is 2.59. The third-order valence-electron chi connectivity index (χ3n) is 2.10. The topological polar surface area (TPSA) is 70.7 Å². The Balaban J connectivity index is 2.61. The van der Waals surface area contributed by atoms with E-state index in [1.807, 2.05) is 25.1 Å². The second kappa shape index (κ2) is 3.23. The zero-order valence-electron chi connectivity index (χ0n) is 8.38. The lowest BCUT2D eigenvalue weighted by Gasteiger charge is -2.11. The van der Waals surface area contributed by atoms with Crippen LogP contribution in [0.15, 0.2) is 18.3 Å². The molecule has 6 nitrogen and oxygen atoms in total. The lowest BCUT2D eigenvalue weighted by atomic mass is 10.3.